The number of aromatic nitrogens is 1. The zero-order valence-corrected chi connectivity index (χ0v) is 15.8. The van der Waals surface area contributed by atoms with E-state index in [9.17, 15) is 4.79 Å². The zero-order chi connectivity index (χ0) is 19.8. The Kier molecular flexibility index (Phi) is 4.17. The highest BCUT2D eigenvalue weighted by atomic mass is 16.6. The Bertz CT molecular complexity index is 1230. The molecule has 1 aromatic heterocycles. The van der Waals surface area contributed by atoms with Gasteiger partial charge in [-0.1, -0.05) is 18.2 Å². The minimum atomic E-state index is -0.232. The van der Waals surface area contributed by atoms with Gasteiger partial charge in [-0.3, -0.25) is 4.79 Å². The maximum atomic E-state index is 12.7. The van der Waals surface area contributed by atoms with Gasteiger partial charge >= 0.3 is 0 Å². The number of rotatable bonds is 3. The Balaban J connectivity index is 1.41. The number of amides is 1. The fraction of sp³-hybridized carbons (Fsp3) is 0.130. The van der Waals surface area contributed by atoms with Gasteiger partial charge in [0, 0.05) is 16.8 Å². The van der Waals surface area contributed by atoms with Gasteiger partial charge in [0.15, 0.2) is 17.1 Å². The van der Waals surface area contributed by atoms with Gasteiger partial charge in [-0.2, -0.15) is 0 Å². The van der Waals surface area contributed by atoms with Crippen molar-refractivity contribution >= 4 is 22.7 Å². The molecule has 2 heterocycles. The van der Waals surface area contributed by atoms with Crippen molar-refractivity contribution in [3.8, 4) is 23.0 Å². The molecule has 0 radical (unpaired) electrons. The third kappa shape index (κ3) is 3.29. The fourth-order valence-corrected chi connectivity index (χ4v) is 3.32. The summed E-state index contributed by atoms with van der Waals surface area (Å²) >= 11 is 0. The summed E-state index contributed by atoms with van der Waals surface area (Å²) in [6, 6.07) is 18.5. The van der Waals surface area contributed by atoms with E-state index < -0.39 is 0 Å². The molecule has 0 bridgehead atoms. The molecule has 6 nitrogen and oxygen atoms in total. The van der Waals surface area contributed by atoms with E-state index in [1.54, 1.807) is 30.3 Å². The molecule has 1 N–H and O–H groups in total. The lowest BCUT2D eigenvalue weighted by atomic mass is 10.1. The molecule has 144 valence electrons. The van der Waals surface area contributed by atoms with Crippen LogP contribution in [0.3, 0.4) is 0 Å². The van der Waals surface area contributed by atoms with E-state index in [1.165, 1.54) is 0 Å². The minimum absolute atomic E-state index is 0.232. The van der Waals surface area contributed by atoms with Crippen LogP contribution in [0.5, 0.6) is 11.5 Å². The molecule has 0 atom stereocenters. The lowest BCUT2D eigenvalue weighted by Crippen LogP contribution is -2.17. The summed E-state index contributed by atoms with van der Waals surface area (Å²) in [5.41, 5.74) is 4.53. The van der Waals surface area contributed by atoms with Gasteiger partial charge in [-0.25, -0.2) is 4.98 Å². The number of hydrogen-bond donors (Lipinski definition) is 1. The number of carbonyl (C=O) groups is 1. The van der Waals surface area contributed by atoms with E-state index in [2.05, 4.69) is 10.3 Å². The molecular weight excluding hydrogens is 368 g/mol. The normalized spacial score (nSPS) is 12.7. The molecule has 1 amide bonds. The van der Waals surface area contributed by atoms with Crippen LogP contribution in [0.25, 0.3) is 22.6 Å². The number of fused-ring (bicyclic) bond motifs is 2. The molecule has 0 aliphatic carbocycles. The van der Waals surface area contributed by atoms with Crippen molar-refractivity contribution in [2.24, 2.45) is 0 Å². The van der Waals surface area contributed by atoms with Gasteiger partial charge in [0.1, 0.15) is 18.7 Å². The quantitative estimate of drug-likeness (QED) is 0.546. The number of ether oxygens (including phenoxy) is 2. The van der Waals surface area contributed by atoms with Gasteiger partial charge in [-0.05, 0) is 55.0 Å². The van der Waals surface area contributed by atoms with Crippen molar-refractivity contribution in [1.29, 1.82) is 0 Å². The first-order valence-corrected chi connectivity index (χ1v) is 9.35. The van der Waals surface area contributed by atoms with E-state index in [4.69, 9.17) is 13.9 Å². The second kappa shape index (κ2) is 6.98. The van der Waals surface area contributed by atoms with Crippen LogP contribution in [0.2, 0.25) is 0 Å². The number of nitrogens with zero attached hydrogens (tertiary/aromatic N) is 1. The van der Waals surface area contributed by atoms with Gasteiger partial charge in [0.25, 0.3) is 5.91 Å². The van der Waals surface area contributed by atoms with Crippen LogP contribution >= 0.6 is 0 Å². The molecule has 1 aliphatic rings. The monoisotopic (exact) mass is 386 g/mol. The average Bonchev–Trinajstić information content (AvgIpc) is 3.17. The second-order valence-corrected chi connectivity index (χ2v) is 6.83. The maximum absolute atomic E-state index is 12.7. The minimum Gasteiger partial charge on any atom is -0.486 e. The van der Waals surface area contributed by atoms with Gasteiger partial charge in [0.05, 0.1) is 0 Å². The van der Waals surface area contributed by atoms with Crippen LogP contribution in [0.4, 0.5) is 5.69 Å². The molecule has 6 heteroatoms. The average molecular weight is 386 g/mol. The van der Waals surface area contributed by atoms with E-state index in [0.717, 1.165) is 11.1 Å². The van der Waals surface area contributed by atoms with Crippen LogP contribution in [0, 0.1) is 6.92 Å². The Labute approximate surface area is 167 Å². The summed E-state index contributed by atoms with van der Waals surface area (Å²) in [7, 11) is 0. The number of hydrogen-bond acceptors (Lipinski definition) is 5. The third-order valence-corrected chi connectivity index (χ3v) is 4.83. The van der Waals surface area contributed by atoms with Crippen molar-refractivity contribution in [2.75, 3.05) is 18.5 Å². The molecule has 0 fully saturated rings. The third-order valence-electron chi connectivity index (χ3n) is 4.83. The molecule has 0 unspecified atom stereocenters. The highest BCUT2D eigenvalue weighted by molar-refractivity contribution is 6.05. The summed E-state index contributed by atoms with van der Waals surface area (Å²) in [5.74, 6) is 1.57. The molecule has 4 aromatic rings. The van der Waals surface area contributed by atoms with Crippen molar-refractivity contribution in [1.82, 2.24) is 4.98 Å². The van der Waals surface area contributed by atoms with Crippen LogP contribution in [0.1, 0.15) is 15.9 Å². The fourth-order valence-electron chi connectivity index (χ4n) is 3.32. The van der Waals surface area contributed by atoms with Gasteiger partial charge in [0.2, 0.25) is 5.89 Å². The molecule has 0 saturated carbocycles. The topological polar surface area (TPSA) is 73.6 Å². The summed E-state index contributed by atoms with van der Waals surface area (Å²) in [4.78, 5) is 17.2. The predicted molar refractivity (Wildman–Crippen MR) is 110 cm³/mol. The highest BCUT2D eigenvalue weighted by Gasteiger charge is 2.16. The predicted octanol–water partition coefficient (Wildman–Crippen LogP) is 4.83. The molecule has 0 saturated heterocycles. The van der Waals surface area contributed by atoms with E-state index in [0.29, 0.717) is 53.0 Å². The van der Waals surface area contributed by atoms with Gasteiger partial charge < -0.3 is 19.2 Å². The lowest BCUT2D eigenvalue weighted by molar-refractivity contribution is 0.102. The molecule has 29 heavy (non-hydrogen) atoms. The summed E-state index contributed by atoms with van der Waals surface area (Å²) in [6.07, 6.45) is 0. The van der Waals surface area contributed by atoms with E-state index >= 15 is 0 Å². The van der Waals surface area contributed by atoms with E-state index in [1.807, 2.05) is 37.3 Å². The molecule has 3 aromatic carbocycles. The van der Waals surface area contributed by atoms with Crippen LogP contribution in [-0.2, 0) is 0 Å². The number of anilines is 1. The summed E-state index contributed by atoms with van der Waals surface area (Å²) < 4.78 is 16.9. The number of aryl methyl sites for hydroxylation is 1. The molecular formula is C23H18N2O4. The number of carbonyl (C=O) groups excluding carboxylic acids is 1. The largest absolute Gasteiger partial charge is 0.486 e. The number of benzene rings is 3. The number of nitrogens with one attached hydrogen (secondary N) is 1. The van der Waals surface area contributed by atoms with Crippen molar-refractivity contribution < 1.29 is 18.7 Å². The first-order valence-electron chi connectivity index (χ1n) is 9.35. The molecule has 0 spiro atoms. The van der Waals surface area contributed by atoms with E-state index in [-0.39, 0.29) is 5.91 Å². The standard InChI is InChI=1S/C23H18N2O4/c1-14-4-2-3-5-17(14)23-25-18-13-16(7-9-19(18)29-23)24-22(26)15-6-8-20-21(12-15)28-11-10-27-20/h2-9,12-13H,10-11H2,1H3,(H,24,26). The highest BCUT2D eigenvalue weighted by Crippen LogP contribution is 2.31. The smallest absolute Gasteiger partial charge is 0.255 e. The lowest BCUT2D eigenvalue weighted by Gasteiger charge is -2.18. The first-order chi connectivity index (χ1) is 14.2. The first kappa shape index (κ1) is 17.3. The van der Waals surface area contributed by atoms with Crippen molar-refractivity contribution in [3.63, 3.8) is 0 Å². The Morgan fingerprint density at radius 3 is 2.66 bits per heavy atom. The Morgan fingerprint density at radius 1 is 0.966 bits per heavy atom. The van der Waals surface area contributed by atoms with Crippen molar-refractivity contribution in [3.05, 3.63) is 71.8 Å². The molecule has 1 aliphatic heterocycles. The second-order valence-electron chi connectivity index (χ2n) is 6.83. The van der Waals surface area contributed by atoms with Gasteiger partial charge in [-0.15, -0.1) is 0 Å². The summed E-state index contributed by atoms with van der Waals surface area (Å²) in [6.45, 7) is 3.01. The zero-order valence-electron chi connectivity index (χ0n) is 15.8. The van der Waals surface area contributed by atoms with Crippen LogP contribution in [-0.4, -0.2) is 24.1 Å². The molecule has 5 rings (SSSR count). The van der Waals surface area contributed by atoms with Crippen LogP contribution < -0.4 is 14.8 Å². The number of oxazole rings is 1. The Morgan fingerprint density at radius 2 is 1.79 bits per heavy atom. The summed E-state index contributed by atoms with van der Waals surface area (Å²) in [5, 5.41) is 2.90. The van der Waals surface area contributed by atoms with Crippen molar-refractivity contribution in [2.45, 2.75) is 6.92 Å². The SMILES string of the molecule is Cc1ccccc1-c1nc2cc(NC(=O)c3ccc4c(c3)OCCO4)ccc2o1. The Hall–Kier alpha value is -3.80. The maximum Gasteiger partial charge on any atom is 0.255 e. The van der Waals surface area contributed by atoms with Crippen LogP contribution in [0.15, 0.2) is 65.1 Å².